The summed E-state index contributed by atoms with van der Waals surface area (Å²) in [4.78, 5) is 35.8. The van der Waals surface area contributed by atoms with Crippen LogP contribution in [-0.2, 0) is 16.8 Å². The maximum Gasteiger partial charge on any atom is 0.332 e. The van der Waals surface area contributed by atoms with E-state index in [1.165, 1.54) is 22.2 Å². The number of para-hydroxylation sites is 1. The molecule has 0 saturated carbocycles. The molecule has 9 nitrogen and oxygen atoms in total. The van der Waals surface area contributed by atoms with Crippen LogP contribution in [0.1, 0.15) is 50.8 Å². The topological polar surface area (TPSA) is 91.7 Å². The first kappa shape index (κ1) is 27.4. The normalized spacial score (nSPS) is 16.2. The molecule has 1 saturated heterocycles. The molecule has 3 aromatic heterocycles. The fraction of sp³-hybridized carbons (Fsp3) is 0.483. The molecule has 1 aliphatic rings. The maximum atomic E-state index is 14.1. The molecule has 4 heterocycles. The number of oxazole rings is 1. The van der Waals surface area contributed by atoms with Gasteiger partial charge >= 0.3 is 5.69 Å². The van der Waals surface area contributed by atoms with Crippen molar-refractivity contribution in [2.75, 3.05) is 27.2 Å². The first-order valence-corrected chi connectivity index (χ1v) is 14.1. The third-order valence-corrected chi connectivity index (χ3v) is 8.67. The van der Waals surface area contributed by atoms with Crippen LogP contribution in [0.15, 0.2) is 50.7 Å². The molecule has 0 radical (unpaired) electrons. The molecule has 1 aromatic carbocycles. The van der Waals surface area contributed by atoms with Crippen molar-refractivity contribution in [1.29, 1.82) is 0 Å². The van der Waals surface area contributed by atoms with Gasteiger partial charge in [0.2, 0.25) is 5.89 Å². The number of ether oxygens (including phenoxy) is 2. The Kier molecular flexibility index (Phi) is 7.54. The molecule has 0 amide bonds. The van der Waals surface area contributed by atoms with Gasteiger partial charge in [-0.1, -0.05) is 18.2 Å². The van der Waals surface area contributed by atoms with Crippen LogP contribution in [-0.4, -0.2) is 52.4 Å². The van der Waals surface area contributed by atoms with E-state index in [-0.39, 0.29) is 23.9 Å². The van der Waals surface area contributed by atoms with Gasteiger partial charge in [0.1, 0.15) is 22.9 Å². The Hall–Kier alpha value is -3.21. The number of aromatic nitrogens is 3. The number of thiophene rings is 1. The number of hydrogen-bond donors (Lipinski definition) is 0. The molecule has 0 spiro atoms. The van der Waals surface area contributed by atoms with Crippen molar-refractivity contribution in [2.45, 2.75) is 64.8 Å². The first-order chi connectivity index (χ1) is 18.6. The summed E-state index contributed by atoms with van der Waals surface area (Å²) < 4.78 is 21.1. The highest BCUT2D eigenvalue weighted by Crippen LogP contribution is 2.37. The minimum Gasteiger partial charge on any atom is -0.496 e. The summed E-state index contributed by atoms with van der Waals surface area (Å²) in [7, 11) is 3.76. The zero-order valence-electron chi connectivity index (χ0n) is 23.4. The second kappa shape index (κ2) is 10.7. The lowest BCUT2D eigenvalue weighted by atomic mass is 10.0. The Bertz CT molecular complexity index is 1570. The Morgan fingerprint density at radius 1 is 1.18 bits per heavy atom. The van der Waals surface area contributed by atoms with Crippen LogP contribution in [0.3, 0.4) is 0 Å². The summed E-state index contributed by atoms with van der Waals surface area (Å²) in [5.74, 6) is 1.13. The van der Waals surface area contributed by atoms with E-state index in [0.29, 0.717) is 21.9 Å². The molecule has 39 heavy (non-hydrogen) atoms. The lowest BCUT2D eigenvalue weighted by molar-refractivity contribution is -0.0490. The summed E-state index contributed by atoms with van der Waals surface area (Å²) in [6.07, 6.45) is 4.47. The summed E-state index contributed by atoms with van der Waals surface area (Å²) in [5.41, 5.74) is 0.214. The number of rotatable bonds is 7. The third-order valence-electron chi connectivity index (χ3n) is 7.37. The van der Waals surface area contributed by atoms with Gasteiger partial charge in [-0.15, -0.1) is 11.3 Å². The molecule has 4 aromatic rings. The molecule has 1 atom stereocenters. The number of nitrogens with zero attached hydrogens (tertiary/aromatic N) is 4. The molecule has 5 rings (SSSR count). The highest BCUT2D eigenvalue weighted by atomic mass is 32.1. The predicted octanol–water partition coefficient (Wildman–Crippen LogP) is 4.80. The van der Waals surface area contributed by atoms with Crippen molar-refractivity contribution >= 4 is 21.6 Å². The average Bonchev–Trinajstić information content (AvgIpc) is 3.54. The molecule has 0 aliphatic carbocycles. The van der Waals surface area contributed by atoms with Crippen LogP contribution >= 0.6 is 11.3 Å². The smallest absolute Gasteiger partial charge is 0.332 e. The zero-order chi connectivity index (χ0) is 27.9. The van der Waals surface area contributed by atoms with Gasteiger partial charge in [-0.3, -0.25) is 13.9 Å². The quantitative estimate of drug-likeness (QED) is 0.325. The van der Waals surface area contributed by atoms with Crippen LogP contribution in [0, 0.1) is 6.92 Å². The van der Waals surface area contributed by atoms with Crippen LogP contribution in [0.4, 0.5) is 0 Å². The molecule has 1 unspecified atom stereocenters. The fourth-order valence-corrected chi connectivity index (χ4v) is 6.55. The monoisotopic (exact) mass is 552 g/mol. The van der Waals surface area contributed by atoms with E-state index in [0.717, 1.165) is 41.9 Å². The van der Waals surface area contributed by atoms with E-state index in [1.807, 2.05) is 52.0 Å². The number of methoxy groups -OCH3 is 1. The second-order valence-corrected chi connectivity index (χ2v) is 12.1. The maximum absolute atomic E-state index is 14.1. The van der Waals surface area contributed by atoms with Crippen molar-refractivity contribution < 1.29 is 13.9 Å². The van der Waals surface area contributed by atoms with E-state index in [4.69, 9.17) is 13.9 Å². The molecule has 1 fully saturated rings. The first-order valence-electron chi connectivity index (χ1n) is 13.3. The number of hydrogen-bond acceptors (Lipinski definition) is 8. The fourth-order valence-electron chi connectivity index (χ4n) is 5.30. The van der Waals surface area contributed by atoms with E-state index in [1.54, 1.807) is 17.9 Å². The predicted molar refractivity (Wildman–Crippen MR) is 153 cm³/mol. The summed E-state index contributed by atoms with van der Waals surface area (Å²) >= 11 is 1.35. The van der Waals surface area contributed by atoms with Gasteiger partial charge in [0, 0.05) is 24.2 Å². The zero-order valence-corrected chi connectivity index (χ0v) is 24.2. The molecule has 0 bridgehead atoms. The minimum absolute atomic E-state index is 0.0452. The van der Waals surface area contributed by atoms with E-state index in [2.05, 4.69) is 16.9 Å². The molecular weight excluding hydrogens is 516 g/mol. The number of likely N-dealkylation sites (tertiary alicyclic amines) is 1. The van der Waals surface area contributed by atoms with Crippen molar-refractivity contribution in [3.8, 4) is 16.5 Å². The molecule has 0 N–H and O–H groups in total. The van der Waals surface area contributed by atoms with Crippen LogP contribution < -0.4 is 16.0 Å². The van der Waals surface area contributed by atoms with Gasteiger partial charge < -0.3 is 18.8 Å². The van der Waals surface area contributed by atoms with Crippen LogP contribution in [0.5, 0.6) is 5.75 Å². The van der Waals surface area contributed by atoms with E-state index in [9.17, 15) is 9.59 Å². The summed E-state index contributed by atoms with van der Waals surface area (Å²) in [6, 6.07) is 7.76. The standard InChI is InChI=1S/C29H36N4O5S/c1-18-23-26(34)33(29(2,3)4)28(35)32(27(23)39-24(18)25-30-13-16-37-25)17-22(20-9-7-8-10-21(20)36-6)38-19-11-14-31(5)15-12-19/h7-10,13,16,19,22H,11-12,14-15,17H2,1-6H3. The molecule has 208 valence electrons. The van der Waals surface area contributed by atoms with Gasteiger partial charge in [0.15, 0.2) is 0 Å². The second-order valence-electron chi connectivity index (χ2n) is 11.1. The largest absolute Gasteiger partial charge is 0.496 e. The van der Waals surface area contributed by atoms with Gasteiger partial charge in [0.25, 0.3) is 5.56 Å². The van der Waals surface area contributed by atoms with Crippen molar-refractivity contribution in [3.63, 3.8) is 0 Å². The van der Waals surface area contributed by atoms with Gasteiger partial charge in [-0.25, -0.2) is 9.78 Å². The number of aryl methyl sites for hydroxylation is 1. The van der Waals surface area contributed by atoms with Gasteiger partial charge in [-0.05, 0) is 59.2 Å². The number of fused-ring (bicyclic) bond motifs is 1. The Labute approximate surface area is 231 Å². The summed E-state index contributed by atoms with van der Waals surface area (Å²) in [5, 5.41) is 0.501. The summed E-state index contributed by atoms with van der Waals surface area (Å²) in [6.45, 7) is 9.62. The van der Waals surface area contributed by atoms with E-state index < -0.39 is 11.6 Å². The average molecular weight is 553 g/mol. The number of benzene rings is 1. The lowest BCUT2D eigenvalue weighted by Gasteiger charge is -2.33. The lowest BCUT2D eigenvalue weighted by Crippen LogP contribution is -2.48. The highest BCUT2D eigenvalue weighted by molar-refractivity contribution is 7.22. The number of piperidine rings is 1. The van der Waals surface area contributed by atoms with Crippen molar-refractivity contribution in [2.24, 2.45) is 0 Å². The van der Waals surface area contributed by atoms with Crippen LogP contribution in [0.25, 0.3) is 21.0 Å². The van der Waals surface area contributed by atoms with Crippen molar-refractivity contribution in [1.82, 2.24) is 19.0 Å². The third kappa shape index (κ3) is 5.20. The SMILES string of the molecule is COc1ccccc1C(Cn1c(=O)n(C(C)(C)C)c(=O)c2c(C)c(-c3ncco3)sc21)OC1CCN(C)CC1. The molecule has 10 heteroatoms. The minimum atomic E-state index is -0.726. The van der Waals surface area contributed by atoms with E-state index >= 15 is 0 Å². The molecule has 1 aliphatic heterocycles. The van der Waals surface area contributed by atoms with Crippen LogP contribution in [0.2, 0.25) is 0 Å². The van der Waals surface area contributed by atoms with Crippen molar-refractivity contribution in [3.05, 3.63) is 68.7 Å². The van der Waals surface area contributed by atoms with Gasteiger partial charge in [0.05, 0.1) is 36.2 Å². The van der Waals surface area contributed by atoms with Gasteiger partial charge in [-0.2, -0.15) is 0 Å². The Balaban J connectivity index is 1.71. The molecular formula is C29H36N4O5S. The highest BCUT2D eigenvalue weighted by Gasteiger charge is 2.30. The Morgan fingerprint density at radius 2 is 1.90 bits per heavy atom. The Morgan fingerprint density at radius 3 is 2.54 bits per heavy atom.